The molecule has 0 bridgehead atoms. The van der Waals surface area contributed by atoms with Crippen LogP contribution in [0, 0.1) is 79.7 Å². The Labute approximate surface area is 689 Å². The Bertz CT molecular complexity index is 2600. The third-order valence-corrected chi connectivity index (χ3v) is 15.3. The van der Waals surface area contributed by atoms with Gasteiger partial charge in [-0.15, -0.1) is 119 Å². The summed E-state index contributed by atoms with van der Waals surface area (Å²) in [5, 5.41) is 36.7. The van der Waals surface area contributed by atoms with Crippen molar-refractivity contribution in [3.63, 3.8) is 0 Å². The summed E-state index contributed by atoms with van der Waals surface area (Å²) in [4.78, 5) is 0. The van der Waals surface area contributed by atoms with Crippen molar-refractivity contribution in [2.24, 2.45) is 40.9 Å². The molecule has 0 radical (unpaired) electrons. The van der Waals surface area contributed by atoms with Crippen LogP contribution in [0.4, 0.5) is 45.5 Å². The maximum Gasteiger partial charge on any atom is 2.00 e. The Balaban J connectivity index is -0.000000371. The number of rotatable bonds is 36. The summed E-state index contributed by atoms with van der Waals surface area (Å²) in [6, 6.07) is 35.4. The summed E-state index contributed by atoms with van der Waals surface area (Å²) in [5.74, 6) is 3.26. The second-order valence-corrected chi connectivity index (χ2v) is 23.7. The number of unbranched alkanes of at least 4 members (excludes halogenated alkanes) is 16. The van der Waals surface area contributed by atoms with E-state index in [0.29, 0.717) is 22.7 Å². The van der Waals surface area contributed by atoms with Gasteiger partial charge in [0.05, 0.1) is 59.9 Å². The molecule has 6 aromatic rings. The largest absolute Gasteiger partial charge is 2.00 e. The monoisotopic (exact) mass is 1870 g/mol. The second kappa shape index (κ2) is 66.8. The molecule has 0 atom stereocenters. The van der Waals surface area contributed by atoms with Gasteiger partial charge in [0, 0.05) is 23.0 Å². The van der Waals surface area contributed by atoms with Gasteiger partial charge in [0.15, 0.2) is 0 Å². The van der Waals surface area contributed by atoms with Gasteiger partial charge in [0.25, 0.3) is 0 Å². The first-order valence-corrected chi connectivity index (χ1v) is 34.5. The molecule has 0 amide bonds. The fourth-order valence-corrected chi connectivity index (χ4v) is 9.36. The summed E-state index contributed by atoms with van der Waals surface area (Å²) in [6.07, 6.45) is 24.4. The Morgan fingerprint density at radius 1 is 0.265 bits per heavy atom. The topological polar surface area (TPSA) is 136 Å². The number of hydrogen-bond donors (Lipinski definition) is 0. The number of ether oxygens (including phenoxy) is 4. The zero-order chi connectivity index (χ0) is 65.7. The van der Waals surface area contributed by atoms with Gasteiger partial charge in [0.1, 0.15) is 0 Å². The molecule has 0 spiro atoms. The van der Waals surface area contributed by atoms with Crippen LogP contribution in [-0.4, -0.2) is 37.1 Å². The first kappa shape index (κ1) is 107. The van der Waals surface area contributed by atoms with E-state index in [1.165, 1.54) is 103 Å². The molecular weight excluding hydrogens is 1770 g/mol. The van der Waals surface area contributed by atoms with Crippen LogP contribution in [0.5, 0.6) is 23.0 Å². The fraction of sp³-hybridized carbons (Fsp3) is 0.514. The van der Waals surface area contributed by atoms with Crippen molar-refractivity contribution in [2.75, 3.05) is 37.1 Å². The predicted molar refractivity (Wildman–Crippen MR) is 379 cm³/mol. The van der Waals surface area contributed by atoms with Crippen LogP contribution >= 0.6 is 46.4 Å². The van der Waals surface area contributed by atoms with Crippen molar-refractivity contribution in [3.05, 3.63) is 142 Å². The van der Waals surface area contributed by atoms with Gasteiger partial charge < -0.3 is 68.6 Å². The van der Waals surface area contributed by atoms with E-state index in [1.54, 1.807) is 0 Å². The molecule has 24 heteroatoms. The smallest absolute Gasteiger partial charge is 1.00 e. The zero-order valence-electron chi connectivity index (χ0n) is 58.8. The molecule has 0 saturated carbocycles. The van der Waals surface area contributed by atoms with Crippen molar-refractivity contribution in [1.82, 2.24) is 0 Å². The van der Waals surface area contributed by atoms with Gasteiger partial charge in [0.2, 0.25) is 0 Å². The van der Waals surface area contributed by atoms with Gasteiger partial charge in [-0.3, -0.25) is 0 Å². The van der Waals surface area contributed by atoms with Crippen molar-refractivity contribution in [2.45, 2.75) is 212 Å². The molecule has 0 fully saturated rings. The number of alkyl halides is 4. The Hall–Kier alpha value is -2.11. The van der Waals surface area contributed by atoms with Crippen LogP contribution in [-0.2, 0) is 81.7 Å². The van der Waals surface area contributed by atoms with E-state index in [0.717, 1.165) is 142 Å². The fourth-order valence-electron chi connectivity index (χ4n) is 9.36. The molecule has 0 heterocycles. The first-order chi connectivity index (χ1) is 43.7. The van der Waals surface area contributed by atoms with E-state index in [-0.39, 0.29) is 142 Å². The van der Waals surface area contributed by atoms with Gasteiger partial charge in [-0.05, 0) is 148 Å². The average Bonchev–Trinajstić information content (AvgIpc) is 0.800. The number of halogens is 8. The molecule has 12 nitrogen and oxygen atoms in total. The zero-order valence-corrected chi connectivity index (χ0v) is 71.1. The van der Waals surface area contributed by atoms with Gasteiger partial charge in [-0.2, -0.15) is 65.2 Å². The molecule has 0 aliphatic heterocycles. The van der Waals surface area contributed by atoms with Crippen molar-refractivity contribution >= 4 is 91.9 Å². The van der Waals surface area contributed by atoms with Crippen LogP contribution < -0.4 is 68.6 Å². The van der Waals surface area contributed by atoms with Gasteiger partial charge in [-0.1, -0.05) is 130 Å². The van der Waals surface area contributed by atoms with E-state index in [9.17, 15) is 0 Å². The van der Waals surface area contributed by atoms with Crippen molar-refractivity contribution in [1.29, 1.82) is 0 Å². The average molecular weight is 1870 g/mol. The van der Waals surface area contributed by atoms with E-state index in [1.807, 2.05) is 72.8 Å². The molecule has 6 aromatic carbocycles. The molecule has 98 heavy (non-hydrogen) atoms. The molecule has 0 aromatic heterocycles. The van der Waals surface area contributed by atoms with E-state index < -0.39 is 0 Å². The van der Waals surface area contributed by atoms with Gasteiger partial charge >= 0.3 is 81.7 Å². The molecule has 0 saturated heterocycles. The SMILES string of the molecule is CCCCCCCOc1c[c-]c(N=Nc2c(C)c(C)c(N=Nc3[c-]cc(OCCCCCCC)cc3)c(C)c2C)cc1.CCCCCCCOc1c[c-]c(N=Nc2c(C)c(C)c(N=Nc3[c-]cc(OCCCCCCC)cc3)c(C)c2C)cc1.ClCCl.ClCCl.[Cl-].[Cl-].[Cl-].[Cl-].[Pd+2].[Pd+2].[Pd+2].[Pd+2]. The van der Waals surface area contributed by atoms with Crippen molar-refractivity contribution in [3.8, 4) is 23.0 Å². The third-order valence-electron chi connectivity index (χ3n) is 15.3. The van der Waals surface area contributed by atoms with E-state index >= 15 is 0 Å². The normalized spacial score (nSPS) is 10.3. The van der Waals surface area contributed by atoms with Gasteiger partial charge in [-0.25, -0.2) is 0 Å². The Morgan fingerprint density at radius 2 is 0.429 bits per heavy atom. The number of nitrogens with zero attached hydrogens (tertiary/aromatic N) is 8. The Morgan fingerprint density at radius 3 is 0.571 bits per heavy atom. The number of azo groups is 4. The third kappa shape index (κ3) is 42.6. The standard InChI is InChI=1S/2C36H48N4O2.2CH2Cl2.4ClH.4Pd/c2*1-7-9-11-13-15-25-41-33-21-17-31(18-22-33)37-39-35-27(3)29(5)36(30(6)28(35)4)40-38-32-19-23-34(24-20-32)42-26-16-14-12-10-8-2;2*2-1-3;;;;;;;;/h2*17,19,21-24H,7-16,25-26H2,1-6H3;2*1H2;4*1H;;;;/q2*-2;;;;;;;4*+2/p-4. The molecular formula is C74H100Cl8N8O4Pd4. The molecule has 0 aliphatic rings. The summed E-state index contributed by atoms with van der Waals surface area (Å²) in [6.45, 7) is 28.3. The van der Waals surface area contributed by atoms with Crippen LogP contribution in [0.1, 0.15) is 201 Å². The maximum absolute atomic E-state index is 5.85. The summed E-state index contributed by atoms with van der Waals surface area (Å²) in [7, 11) is 0. The molecule has 0 aliphatic carbocycles. The van der Waals surface area contributed by atoms with Crippen LogP contribution in [0.2, 0.25) is 0 Å². The van der Waals surface area contributed by atoms with Crippen LogP contribution in [0.25, 0.3) is 0 Å². The summed E-state index contributed by atoms with van der Waals surface area (Å²) < 4.78 is 23.4. The summed E-state index contributed by atoms with van der Waals surface area (Å²) >= 11 is 19.1. The number of benzene rings is 6. The quantitative estimate of drug-likeness (QED) is 0.0127. The summed E-state index contributed by atoms with van der Waals surface area (Å²) in [5.41, 5.74) is 14.4. The Kier molecular flexibility index (Phi) is 72.9. The minimum atomic E-state index is 0. The first-order valence-electron chi connectivity index (χ1n) is 32.4. The van der Waals surface area contributed by atoms with Crippen molar-refractivity contribution < 1.29 is 150 Å². The molecule has 0 N–H and O–H groups in total. The molecule has 556 valence electrons. The van der Waals surface area contributed by atoms with Crippen LogP contribution in [0.15, 0.2) is 114 Å². The minimum Gasteiger partial charge on any atom is -1.00 e. The predicted octanol–water partition coefficient (Wildman–Crippen LogP) is 14.9. The maximum atomic E-state index is 5.85. The van der Waals surface area contributed by atoms with E-state index in [4.69, 9.17) is 65.4 Å². The van der Waals surface area contributed by atoms with E-state index in [2.05, 4.69) is 148 Å². The molecule has 6 rings (SSSR count). The number of hydrogen-bond acceptors (Lipinski definition) is 12. The molecule has 0 unspecified atom stereocenters. The van der Waals surface area contributed by atoms with Crippen LogP contribution in [0.3, 0.4) is 0 Å². The second-order valence-electron chi connectivity index (χ2n) is 22.1. The minimum absolute atomic E-state index is 0.